The van der Waals surface area contributed by atoms with Crippen molar-refractivity contribution >= 4 is 17.7 Å². The lowest BCUT2D eigenvalue weighted by Gasteiger charge is -2.00. The quantitative estimate of drug-likeness (QED) is 0.408. The summed E-state index contributed by atoms with van der Waals surface area (Å²) in [6.45, 7) is 5.57. The molecule has 0 N–H and O–H groups in total. The lowest BCUT2D eigenvalue weighted by atomic mass is 10.4. The third-order valence-corrected chi connectivity index (χ3v) is 1.44. The van der Waals surface area contributed by atoms with E-state index < -0.39 is 0 Å². The molecule has 0 amide bonds. The number of hydrogen-bond donors (Lipinski definition) is 0. The number of thioether (sulfide) groups is 1. The average Bonchev–Trinajstić information content (AvgIpc) is 2.03. The molecule has 0 saturated carbocycles. The van der Waals surface area contributed by atoms with Gasteiger partial charge in [-0.2, -0.15) is 11.8 Å². The van der Waals surface area contributed by atoms with Gasteiger partial charge in [0.05, 0.1) is 0 Å². The van der Waals surface area contributed by atoms with Crippen LogP contribution in [0.4, 0.5) is 0 Å². The van der Waals surface area contributed by atoms with Crippen LogP contribution in [0.5, 0.6) is 0 Å². The van der Waals surface area contributed by atoms with Crippen LogP contribution in [0.25, 0.3) is 0 Å². The molecule has 84 valence electrons. The minimum atomic E-state index is -0.297. The van der Waals surface area contributed by atoms with E-state index in [9.17, 15) is 4.79 Å². The van der Waals surface area contributed by atoms with Gasteiger partial charge in [0.2, 0.25) is 0 Å². The van der Waals surface area contributed by atoms with Gasteiger partial charge in [-0.3, -0.25) is 0 Å². The van der Waals surface area contributed by atoms with Crippen LogP contribution in [-0.4, -0.2) is 50.6 Å². The number of nitrogens with zero attached hydrogens (tertiary/aromatic N) is 1. The highest BCUT2D eigenvalue weighted by molar-refractivity contribution is 7.98. The van der Waals surface area contributed by atoms with E-state index >= 15 is 0 Å². The summed E-state index contributed by atoms with van der Waals surface area (Å²) in [4.78, 5) is 12.7. The minimum Gasteiger partial charge on any atom is -0.461 e. The second-order valence-corrected chi connectivity index (χ2v) is 4.24. The summed E-state index contributed by atoms with van der Waals surface area (Å²) in [6.07, 6.45) is 1.97. The first-order valence-electron chi connectivity index (χ1n) is 4.34. The molecule has 0 aliphatic heterocycles. The van der Waals surface area contributed by atoms with Crippen molar-refractivity contribution < 1.29 is 9.53 Å². The molecule has 0 aliphatic rings. The van der Waals surface area contributed by atoms with Crippen molar-refractivity contribution in [3.8, 4) is 0 Å². The van der Waals surface area contributed by atoms with Gasteiger partial charge in [-0.25, -0.2) is 4.79 Å². The van der Waals surface area contributed by atoms with Crippen molar-refractivity contribution in [2.45, 2.75) is 6.92 Å². The number of carbonyl (C=O) groups excluding carboxylic acids is 1. The van der Waals surface area contributed by atoms with Crippen LogP contribution in [0.3, 0.4) is 0 Å². The zero-order valence-corrected chi connectivity index (χ0v) is 10.6. The summed E-state index contributed by atoms with van der Waals surface area (Å²) in [5, 5.41) is 0. The van der Waals surface area contributed by atoms with E-state index in [0.29, 0.717) is 12.2 Å². The number of rotatable bonds is 4. The highest BCUT2D eigenvalue weighted by Gasteiger charge is 2.00. The Morgan fingerprint density at radius 3 is 2.14 bits per heavy atom. The third kappa shape index (κ3) is 17.6. The largest absolute Gasteiger partial charge is 0.461 e. The first kappa shape index (κ1) is 16.0. The zero-order valence-electron chi connectivity index (χ0n) is 9.79. The molecule has 0 bridgehead atoms. The molecular weight excluding hydrogens is 198 g/mol. The summed E-state index contributed by atoms with van der Waals surface area (Å²) in [5.74, 6) is 0.549. The van der Waals surface area contributed by atoms with Gasteiger partial charge < -0.3 is 9.64 Å². The van der Waals surface area contributed by atoms with Gasteiger partial charge in [0, 0.05) is 11.3 Å². The minimum absolute atomic E-state index is 0.297. The highest BCUT2D eigenvalue weighted by atomic mass is 32.2. The Bertz CT molecular complexity index is 167. The maximum Gasteiger partial charge on any atom is 0.333 e. The van der Waals surface area contributed by atoms with Crippen molar-refractivity contribution in [1.82, 2.24) is 4.90 Å². The SMILES string of the molecule is C=C(C)C(=O)OCCSC.CN(C)C. The fourth-order valence-corrected chi connectivity index (χ4v) is 0.591. The summed E-state index contributed by atoms with van der Waals surface area (Å²) in [7, 11) is 6.00. The average molecular weight is 219 g/mol. The summed E-state index contributed by atoms with van der Waals surface area (Å²) >= 11 is 1.65. The molecule has 0 rings (SSSR count). The smallest absolute Gasteiger partial charge is 0.333 e. The van der Waals surface area contributed by atoms with Gasteiger partial charge in [0.1, 0.15) is 6.61 Å². The van der Waals surface area contributed by atoms with Crippen LogP contribution in [0.15, 0.2) is 12.2 Å². The van der Waals surface area contributed by atoms with Crippen molar-refractivity contribution in [2.75, 3.05) is 39.8 Å². The zero-order chi connectivity index (χ0) is 11.6. The topological polar surface area (TPSA) is 29.5 Å². The molecule has 0 unspecified atom stereocenters. The van der Waals surface area contributed by atoms with Crippen LogP contribution in [-0.2, 0) is 9.53 Å². The second-order valence-electron chi connectivity index (χ2n) is 3.25. The van der Waals surface area contributed by atoms with Crippen molar-refractivity contribution in [3.63, 3.8) is 0 Å². The molecule has 0 spiro atoms. The Balaban J connectivity index is 0. The monoisotopic (exact) mass is 219 g/mol. The molecule has 0 aromatic carbocycles. The Morgan fingerprint density at radius 1 is 1.43 bits per heavy atom. The molecular formula is C10H21NO2S. The molecule has 0 radical (unpaired) electrons. The fourth-order valence-electron chi connectivity index (χ4n) is 0.341. The van der Waals surface area contributed by atoms with Gasteiger partial charge >= 0.3 is 5.97 Å². The first-order valence-corrected chi connectivity index (χ1v) is 5.73. The van der Waals surface area contributed by atoms with Gasteiger partial charge in [0.25, 0.3) is 0 Å². The molecule has 0 saturated heterocycles. The van der Waals surface area contributed by atoms with Crippen LogP contribution in [0.2, 0.25) is 0 Å². The second kappa shape index (κ2) is 10.6. The standard InChI is InChI=1S/C7H12O2S.C3H9N/c1-6(2)7(8)9-4-5-10-3;1-4(2)3/h1,4-5H2,2-3H3;1-3H3. The van der Waals surface area contributed by atoms with E-state index in [1.807, 2.05) is 32.3 Å². The number of esters is 1. The first-order chi connectivity index (χ1) is 6.41. The van der Waals surface area contributed by atoms with Crippen LogP contribution in [0, 0.1) is 0 Å². The van der Waals surface area contributed by atoms with Gasteiger partial charge in [-0.1, -0.05) is 6.58 Å². The third-order valence-electron chi connectivity index (χ3n) is 0.869. The lowest BCUT2D eigenvalue weighted by molar-refractivity contribution is -0.138. The van der Waals surface area contributed by atoms with Crippen LogP contribution >= 0.6 is 11.8 Å². The van der Waals surface area contributed by atoms with E-state index in [0.717, 1.165) is 5.75 Å². The van der Waals surface area contributed by atoms with Crippen LogP contribution < -0.4 is 0 Å². The molecule has 0 aromatic rings. The maximum atomic E-state index is 10.7. The Kier molecular flexibility index (Phi) is 12.1. The molecule has 4 heteroatoms. The molecule has 0 heterocycles. The van der Waals surface area contributed by atoms with Crippen molar-refractivity contribution in [1.29, 1.82) is 0 Å². The van der Waals surface area contributed by atoms with E-state index in [-0.39, 0.29) is 5.97 Å². The lowest BCUT2D eigenvalue weighted by Crippen LogP contribution is -2.07. The molecule has 0 aromatic heterocycles. The van der Waals surface area contributed by atoms with E-state index in [4.69, 9.17) is 4.74 Å². The fraction of sp³-hybridized carbons (Fsp3) is 0.700. The predicted molar refractivity (Wildman–Crippen MR) is 63.8 cm³/mol. The number of hydrogen-bond acceptors (Lipinski definition) is 4. The molecule has 14 heavy (non-hydrogen) atoms. The Morgan fingerprint density at radius 2 is 1.86 bits per heavy atom. The van der Waals surface area contributed by atoms with Gasteiger partial charge in [-0.05, 0) is 34.3 Å². The molecule has 3 nitrogen and oxygen atoms in total. The van der Waals surface area contributed by atoms with Crippen LogP contribution in [0.1, 0.15) is 6.92 Å². The maximum absolute atomic E-state index is 10.7. The Hall–Kier alpha value is -0.480. The summed E-state index contributed by atoms with van der Waals surface area (Å²) in [5.41, 5.74) is 0.459. The summed E-state index contributed by atoms with van der Waals surface area (Å²) < 4.78 is 4.78. The predicted octanol–water partition coefficient (Wildman–Crippen LogP) is 1.65. The van der Waals surface area contributed by atoms with Crippen molar-refractivity contribution in [2.24, 2.45) is 0 Å². The molecule has 0 atom stereocenters. The normalized spacial score (nSPS) is 9.00. The van der Waals surface area contributed by atoms with Gasteiger partial charge in [-0.15, -0.1) is 0 Å². The van der Waals surface area contributed by atoms with E-state index in [1.54, 1.807) is 18.7 Å². The molecule has 0 fully saturated rings. The van der Waals surface area contributed by atoms with E-state index in [1.165, 1.54) is 0 Å². The summed E-state index contributed by atoms with van der Waals surface area (Å²) in [6, 6.07) is 0. The number of carbonyl (C=O) groups is 1. The molecule has 0 aliphatic carbocycles. The van der Waals surface area contributed by atoms with Gasteiger partial charge in [0.15, 0.2) is 0 Å². The Labute approximate surface area is 91.5 Å². The number of ether oxygens (including phenoxy) is 1. The highest BCUT2D eigenvalue weighted by Crippen LogP contribution is 1.95. The van der Waals surface area contributed by atoms with Crippen molar-refractivity contribution in [3.05, 3.63) is 12.2 Å². The van der Waals surface area contributed by atoms with E-state index in [2.05, 4.69) is 6.58 Å².